The van der Waals surface area contributed by atoms with Crippen molar-refractivity contribution in [2.45, 2.75) is 6.92 Å². The molecule has 0 aliphatic rings. The van der Waals surface area contributed by atoms with E-state index >= 15 is 0 Å². The molecule has 0 saturated heterocycles. The number of amides is 1. The van der Waals surface area contributed by atoms with Crippen LogP contribution >= 0.6 is 0 Å². The van der Waals surface area contributed by atoms with Gasteiger partial charge in [-0.15, -0.1) is 4.99 Å². The fraction of sp³-hybridized carbons (Fsp3) is 0.200. The molecule has 0 saturated carbocycles. The Morgan fingerprint density at radius 1 is 1.60 bits per heavy atom. The number of hydrogen-bond donors (Lipinski definition) is 2. The summed E-state index contributed by atoms with van der Waals surface area (Å²) >= 11 is 0. The first-order valence-electron chi connectivity index (χ1n) is 2.49. The van der Waals surface area contributed by atoms with E-state index in [0.29, 0.717) is 0 Å². The van der Waals surface area contributed by atoms with Crippen molar-refractivity contribution in [3.63, 3.8) is 0 Å². The van der Waals surface area contributed by atoms with Crippen LogP contribution in [0.1, 0.15) is 6.92 Å². The summed E-state index contributed by atoms with van der Waals surface area (Å²) in [6.45, 7) is 4.82. The first kappa shape index (κ1) is 8.48. The summed E-state index contributed by atoms with van der Waals surface area (Å²) in [5.74, 6) is -0.0822. The lowest BCUT2D eigenvalue weighted by Gasteiger charge is -1.96. The van der Waals surface area contributed by atoms with Crippen LogP contribution in [0.15, 0.2) is 17.3 Å². The maximum atomic E-state index is 10.4. The van der Waals surface area contributed by atoms with Gasteiger partial charge in [0.05, 0.1) is 5.76 Å². The highest BCUT2D eigenvalue weighted by Crippen LogP contribution is 1.92. The summed E-state index contributed by atoms with van der Waals surface area (Å²) in [7, 11) is 0. The van der Waals surface area contributed by atoms with Gasteiger partial charge in [-0.1, -0.05) is 6.58 Å². The molecule has 0 aromatic heterocycles. The normalized spacial score (nSPS) is 8.10. The van der Waals surface area contributed by atoms with Crippen LogP contribution in [0, 0.1) is 0 Å². The van der Waals surface area contributed by atoms with Crippen molar-refractivity contribution in [3.05, 3.63) is 12.3 Å². The molecule has 0 aromatic rings. The quantitative estimate of drug-likeness (QED) is 0.305. The zero-order chi connectivity index (χ0) is 8.15. The smallest absolute Gasteiger partial charge is 0.414 e. The van der Waals surface area contributed by atoms with Gasteiger partial charge in [-0.3, -0.25) is 0 Å². The Hall–Kier alpha value is -1.52. The largest absolute Gasteiger partial charge is 0.441 e. The summed E-state index contributed by atoms with van der Waals surface area (Å²) < 4.78 is 4.38. The van der Waals surface area contributed by atoms with E-state index in [9.17, 15) is 4.79 Å². The molecule has 0 bridgehead atoms. The number of nitrogens with zero attached hydrogens (tertiary/aromatic N) is 1. The first-order valence-corrected chi connectivity index (χ1v) is 2.49. The minimum atomic E-state index is -0.854. The van der Waals surface area contributed by atoms with Crippen molar-refractivity contribution in [3.8, 4) is 0 Å². The highest BCUT2D eigenvalue weighted by molar-refractivity contribution is 5.88. The second-order valence-electron chi connectivity index (χ2n) is 1.61. The monoisotopic (exact) mass is 143 g/mol. The summed E-state index contributed by atoms with van der Waals surface area (Å²) in [5, 5.41) is 0. The Morgan fingerprint density at radius 2 is 2.10 bits per heavy atom. The van der Waals surface area contributed by atoms with Gasteiger partial charge in [0, 0.05) is 0 Å². The number of aliphatic imine (C=N–C) groups is 1. The zero-order valence-corrected chi connectivity index (χ0v) is 5.63. The van der Waals surface area contributed by atoms with Gasteiger partial charge in [-0.2, -0.15) is 0 Å². The Balaban J connectivity index is 3.88. The summed E-state index contributed by atoms with van der Waals surface area (Å²) in [4.78, 5) is 13.5. The molecule has 0 atom stereocenters. The summed E-state index contributed by atoms with van der Waals surface area (Å²) in [6.07, 6.45) is -0.854. The van der Waals surface area contributed by atoms with E-state index in [-0.39, 0.29) is 11.7 Å². The number of carbonyl (C=O) groups is 1. The van der Waals surface area contributed by atoms with Crippen molar-refractivity contribution in [1.29, 1.82) is 0 Å². The molecule has 0 rings (SSSR count). The maximum absolute atomic E-state index is 10.4. The molecule has 56 valence electrons. The molecule has 0 fully saturated rings. The Kier molecular flexibility index (Phi) is 2.96. The lowest BCUT2D eigenvalue weighted by Crippen LogP contribution is -2.24. The number of hydrogen-bond acceptors (Lipinski definition) is 2. The van der Waals surface area contributed by atoms with E-state index in [1.54, 1.807) is 0 Å². The average molecular weight is 143 g/mol. The van der Waals surface area contributed by atoms with Crippen LogP contribution in [0.5, 0.6) is 0 Å². The van der Waals surface area contributed by atoms with Crippen molar-refractivity contribution in [1.82, 2.24) is 0 Å². The van der Waals surface area contributed by atoms with E-state index < -0.39 is 6.09 Å². The second kappa shape index (κ2) is 3.49. The zero-order valence-electron chi connectivity index (χ0n) is 5.63. The Morgan fingerprint density at radius 3 is 2.40 bits per heavy atom. The lowest BCUT2D eigenvalue weighted by molar-refractivity contribution is 0.188. The lowest BCUT2D eigenvalue weighted by atomic mass is 10.7. The minimum absolute atomic E-state index is 0.245. The molecule has 5 heteroatoms. The van der Waals surface area contributed by atoms with Crippen molar-refractivity contribution in [2.24, 2.45) is 16.5 Å². The van der Waals surface area contributed by atoms with E-state index in [0.717, 1.165) is 0 Å². The van der Waals surface area contributed by atoms with Crippen LogP contribution < -0.4 is 11.5 Å². The molecule has 0 heterocycles. The fourth-order valence-corrected chi connectivity index (χ4v) is 0.277. The van der Waals surface area contributed by atoms with Gasteiger partial charge >= 0.3 is 6.09 Å². The number of ether oxygens (including phenoxy) is 1. The van der Waals surface area contributed by atoms with Gasteiger partial charge in [-0.05, 0) is 6.92 Å². The Labute approximate surface area is 58.4 Å². The minimum Gasteiger partial charge on any atom is -0.414 e. The van der Waals surface area contributed by atoms with Crippen LogP contribution in [0.2, 0.25) is 0 Å². The number of guanidine groups is 1. The molecule has 5 nitrogen and oxygen atoms in total. The highest BCUT2D eigenvalue weighted by atomic mass is 16.5. The molecule has 4 N–H and O–H groups in total. The van der Waals surface area contributed by atoms with E-state index in [1.807, 2.05) is 0 Å². The number of allylic oxidation sites excluding steroid dienone is 1. The van der Waals surface area contributed by atoms with Gasteiger partial charge in [0.2, 0.25) is 0 Å². The number of nitrogens with two attached hydrogens (primary N) is 2. The third-order valence-electron chi connectivity index (χ3n) is 0.482. The standard InChI is InChI=1S/C5H9N3O2/c1-3(2)10-5(9)8-4(6)7/h1H2,2H3,(H4,6,7,8,9). The molecule has 0 aliphatic carbocycles. The molecular weight excluding hydrogens is 134 g/mol. The highest BCUT2D eigenvalue weighted by Gasteiger charge is 1.98. The molecule has 10 heavy (non-hydrogen) atoms. The van der Waals surface area contributed by atoms with Crippen molar-refractivity contribution in [2.75, 3.05) is 0 Å². The van der Waals surface area contributed by atoms with Crippen LogP contribution in [-0.2, 0) is 4.74 Å². The molecule has 0 radical (unpaired) electrons. The van der Waals surface area contributed by atoms with E-state index in [1.165, 1.54) is 6.92 Å². The van der Waals surface area contributed by atoms with E-state index in [2.05, 4.69) is 16.3 Å². The van der Waals surface area contributed by atoms with Gasteiger partial charge in [0.15, 0.2) is 5.96 Å². The molecule has 0 spiro atoms. The van der Waals surface area contributed by atoms with Gasteiger partial charge < -0.3 is 16.2 Å². The summed E-state index contributed by atoms with van der Waals surface area (Å²) in [6, 6.07) is 0. The van der Waals surface area contributed by atoms with Crippen molar-refractivity contribution < 1.29 is 9.53 Å². The molecular formula is C5H9N3O2. The SMILES string of the molecule is C=C(C)OC(=O)N=C(N)N. The van der Waals surface area contributed by atoms with E-state index in [4.69, 9.17) is 11.5 Å². The Bertz CT molecular complexity index is 181. The predicted molar refractivity (Wildman–Crippen MR) is 37.1 cm³/mol. The molecule has 1 amide bonds. The predicted octanol–water partition coefficient (Wildman–Crippen LogP) is -0.0700. The maximum Gasteiger partial charge on any atom is 0.441 e. The third kappa shape index (κ3) is 4.63. The van der Waals surface area contributed by atoms with Crippen LogP contribution in [-0.4, -0.2) is 12.1 Å². The molecule has 0 aliphatic heterocycles. The number of carbonyl (C=O) groups excluding carboxylic acids is 1. The van der Waals surface area contributed by atoms with Crippen LogP contribution in [0.3, 0.4) is 0 Å². The van der Waals surface area contributed by atoms with Crippen molar-refractivity contribution >= 4 is 12.1 Å². The van der Waals surface area contributed by atoms with Crippen LogP contribution in [0.4, 0.5) is 4.79 Å². The third-order valence-corrected chi connectivity index (χ3v) is 0.482. The number of rotatable bonds is 1. The average Bonchev–Trinajstić information content (AvgIpc) is 1.58. The fourth-order valence-electron chi connectivity index (χ4n) is 0.277. The first-order chi connectivity index (χ1) is 4.52. The van der Waals surface area contributed by atoms with Gasteiger partial charge in [0.25, 0.3) is 0 Å². The van der Waals surface area contributed by atoms with Crippen LogP contribution in [0.25, 0.3) is 0 Å². The van der Waals surface area contributed by atoms with Gasteiger partial charge in [-0.25, -0.2) is 4.79 Å². The topological polar surface area (TPSA) is 90.7 Å². The summed E-state index contributed by atoms with van der Waals surface area (Å²) in [5.41, 5.74) is 9.73. The molecule has 0 aromatic carbocycles. The molecule has 0 unspecified atom stereocenters. The van der Waals surface area contributed by atoms with Gasteiger partial charge in [0.1, 0.15) is 0 Å². The second-order valence-corrected chi connectivity index (χ2v) is 1.61.